The van der Waals surface area contributed by atoms with Crippen LogP contribution >= 0.6 is 11.6 Å². The number of nitrogens with zero attached hydrogens (tertiary/aromatic N) is 5. The van der Waals surface area contributed by atoms with Crippen molar-refractivity contribution in [2.24, 2.45) is 0 Å². The topological polar surface area (TPSA) is 80.0 Å². The molecule has 0 atom stereocenters. The number of benzene rings is 1. The van der Waals surface area contributed by atoms with Crippen LogP contribution in [0.3, 0.4) is 0 Å². The maximum absolute atomic E-state index is 13.2. The summed E-state index contributed by atoms with van der Waals surface area (Å²) in [5, 5.41) is 12.9. The molecule has 0 N–H and O–H groups in total. The Bertz CT molecular complexity index is 1250. The summed E-state index contributed by atoms with van der Waals surface area (Å²) in [6.07, 6.45) is -2.59. The number of rotatable bonds is 2. The molecule has 0 spiro atoms. The third kappa shape index (κ3) is 3.05. The second-order valence-corrected chi connectivity index (χ2v) is 6.06. The fraction of sp³-hybridized carbons (Fsp3) is 0.0588. The van der Waals surface area contributed by atoms with E-state index in [1.807, 2.05) is 0 Å². The largest absolute Gasteiger partial charge is 0.417 e. The molecule has 1 aromatic carbocycles. The van der Waals surface area contributed by atoms with Crippen molar-refractivity contribution in [1.82, 2.24) is 19.5 Å². The van der Waals surface area contributed by atoms with Crippen molar-refractivity contribution >= 4 is 17.2 Å². The molecule has 0 aliphatic rings. The second kappa shape index (κ2) is 6.31. The van der Waals surface area contributed by atoms with Crippen molar-refractivity contribution < 1.29 is 22.1 Å². The van der Waals surface area contributed by atoms with Gasteiger partial charge in [-0.05, 0) is 24.3 Å². The first kappa shape index (κ1) is 17.9. The molecule has 4 aromatic rings. The van der Waals surface area contributed by atoms with Crippen molar-refractivity contribution in [3.63, 3.8) is 0 Å². The molecule has 0 unspecified atom stereocenters. The molecule has 0 saturated heterocycles. The highest BCUT2D eigenvalue weighted by molar-refractivity contribution is 6.33. The van der Waals surface area contributed by atoms with Gasteiger partial charge in [0.25, 0.3) is 5.89 Å². The average molecular weight is 408 g/mol. The Morgan fingerprint density at radius 3 is 2.61 bits per heavy atom. The van der Waals surface area contributed by atoms with Gasteiger partial charge in [0, 0.05) is 18.0 Å². The molecule has 0 aliphatic heterocycles. The Labute approximate surface area is 158 Å². The van der Waals surface area contributed by atoms with Crippen molar-refractivity contribution in [1.29, 1.82) is 5.26 Å². The Morgan fingerprint density at radius 2 is 1.93 bits per heavy atom. The summed E-state index contributed by atoms with van der Waals surface area (Å²) in [5.74, 6) is -0.590. The minimum Gasteiger partial charge on any atom is -0.332 e. The third-order valence-electron chi connectivity index (χ3n) is 3.82. The van der Waals surface area contributed by atoms with Crippen LogP contribution in [0.4, 0.5) is 17.6 Å². The Morgan fingerprint density at radius 1 is 1.14 bits per heavy atom. The lowest BCUT2D eigenvalue weighted by molar-refractivity contribution is -0.137. The van der Waals surface area contributed by atoms with Gasteiger partial charge in [-0.1, -0.05) is 16.8 Å². The molecule has 3 heterocycles. The van der Waals surface area contributed by atoms with E-state index in [-0.39, 0.29) is 33.6 Å². The highest BCUT2D eigenvalue weighted by Gasteiger charge is 2.32. The molecule has 0 fully saturated rings. The third-order valence-corrected chi connectivity index (χ3v) is 4.13. The summed E-state index contributed by atoms with van der Waals surface area (Å²) in [6, 6.07) is 6.01. The van der Waals surface area contributed by atoms with Gasteiger partial charge in [0.1, 0.15) is 17.6 Å². The van der Waals surface area contributed by atoms with Gasteiger partial charge >= 0.3 is 6.18 Å². The highest BCUT2D eigenvalue weighted by Crippen LogP contribution is 2.32. The molecule has 0 radical (unpaired) electrons. The number of imidazole rings is 1. The minimum atomic E-state index is -4.62. The summed E-state index contributed by atoms with van der Waals surface area (Å²) < 4.78 is 58.3. The van der Waals surface area contributed by atoms with E-state index in [4.69, 9.17) is 21.4 Å². The van der Waals surface area contributed by atoms with Crippen LogP contribution in [0.25, 0.3) is 28.6 Å². The van der Waals surface area contributed by atoms with Crippen molar-refractivity contribution in [3.8, 4) is 29.0 Å². The van der Waals surface area contributed by atoms with E-state index in [0.29, 0.717) is 11.6 Å². The quantitative estimate of drug-likeness (QED) is 0.449. The predicted molar refractivity (Wildman–Crippen MR) is 88.6 cm³/mol. The summed E-state index contributed by atoms with van der Waals surface area (Å²) in [5.41, 5.74) is -0.885. The van der Waals surface area contributed by atoms with Crippen LogP contribution in [0.15, 0.2) is 41.2 Å². The molecule has 28 heavy (non-hydrogen) atoms. The van der Waals surface area contributed by atoms with Gasteiger partial charge in [-0.15, -0.1) is 0 Å². The van der Waals surface area contributed by atoms with Crippen LogP contribution in [0, 0.1) is 17.1 Å². The van der Waals surface area contributed by atoms with E-state index in [1.54, 1.807) is 6.07 Å². The van der Waals surface area contributed by atoms with Gasteiger partial charge in [-0.25, -0.2) is 9.37 Å². The number of pyridine rings is 1. The maximum atomic E-state index is 13.2. The van der Waals surface area contributed by atoms with Gasteiger partial charge in [0.2, 0.25) is 5.82 Å². The summed E-state index contributed by atoms with van der Waals surface area (Å²) in [7, 11) is 0. The Hall–Kier alpha value is -3.45. The maximum Gasteiger partial charge on any atom is 0.417 e. The molecule has 6 nitrogen and oxygen atoms in total. The van der Waals surface area contributed by atoms with Crippen LogP contribution in [0.1, 0.15) is 11.1 Å². The van der Waals surface area contributed by atoms with Crippen molar-refractivity contribution in [2.75, 3.05) is 0 Å². The molecule has 0 saturated carbocycles. The molecule has 0 aliphatic carbocycles. The lowest BCUT2D eigenvalue weighted by Gasteiger charge is -2.07. The van der Waals surface area contributed by atoms with Gasteiger partial charge in [0.05, 0.1) is 16.1 Å². The number of aromatic nitrogens is 4. The molecular weight excluding hydrogens is 402 g/mol. The Kier molecular flexibility index (Phi) is 4.05. The number of halogens is 5. The van der Waals surface area contributed by atoms with E-state index in [1.165, 1.54) is 18.3 Å². The normalized spacial score (nSPS) is 11.7. The lowest BCUT2D eigenvalue weighted by Crippen LogP contribution is -2.07. The zero-order valence-electron chi connectivity index (χ0n) is 13.5. The summed E-state index contributed by atoms with van der Waals surface area (Å²) in [4.78, 5) is 8.20. The predicted octanol–water partition coefficient (Wildman–Crippen LogP) is 4.73. The first-order valence-corrected chi connectivity index (χ1v) is 7.93. The molecule has 0 bridgehead atoms. The first-order chi connectivity index (χ1) is 13.3. The standard InChI is InChI=1S/C17H6ClF4N5O/c18-12-4-10(19)1-2-11(12)14-25-16(28-26-14)13-7-27-6-9(17(20,21)22)3-8(5-23)15(27)24-13/h1-4,6-7H. The minimum absolute atomic E-state index is 0.00469. The van der Waals surface area contributed by atoms with Crippen LogP contribution < -0.4 is 0 Å². The summed E-state index contributed by atoms with van der Waals surface area (Å²) in [6.45, 7) is 0. The zero-order chi connectivity index (χ0) is 20.1. The second-order valence-electron chi connectivity index (χ2n) is 5.66. The van der Waals surface area contributed by atoms with Gasteiger partial charge < -0.3 is 8.92 Å². The summed E-state index contributed by atoms with van der Waals surface area (Å²) >= 11 is 5.96. The first-order valence-electron chi connectivity index (χ1n) is 7.56. The number of nitriles is 1. The molecular formula is C17H6ClF4N5O. The smallest absolute Gasteiger partial charge is 0.332 e. The number of hydrogen-bond acceptors (Lipinski definition) is 5. The highest BCUT2D eigenvalue weighted by atomic mass is 35.5. The number of alkyl halides is 3. The van der Waals surface area contributed by atoms with Crippen LogP contribution in [-0.4, -0.2) is 19.5 Å². The van der Waals surface area contributed by atoms with Crippen molar-refractivity contribution in [3.05, 3.63) is 58.6 Å². The van der Waals surface area contributed by atoms with Crippen LogP contribution in [0.2, 0.25) is 5.02 Å². The van der Waals surface area contributed by atoms with E-state index < -0.39 is 17.6 Å². The van der Waals surface area contributed by atoms with Crippen LogP contribution in [-0.2, 0) is 6.18 Å². The lowest BCUT2D eigenvalue weighted by atomic mass is 10.2. The molecule has 0 amide bonds. The van der Waals surface area contributed by atoms with Crippen molar-refractivity contribution in [2.45, 2.75) is 6.18 Å². The van der Waals surface area contributed by atoms with Gasteiger partial charge in [0.15, 0.2) is 5.65 Å². The van der Waals surface area contributed by atoms with E-state index in [9.17, 15) is 17.6 Å². The molecule has 3 aromatic heterocycles. The molecule has 140 valence electrons. The van der Waals surface area contributed by atoms with E-state index >= 15 is 0 Å². The Balaban J connectivity index is 1.80. The zero-order valence-corrected chi connectivity index (χ0v) is 14.3. The van der Waals surface area contributed by atoms with Crippen LogP contribution in [0.5, 0.6) is 0 Å². The molecule has 11 heteroatoms. The average Bonchev–Trinajstić information content (AvgIpc) is 3.26. The number of hydrogen-bond donors (Lipinski definition) is 0. The molecule has 4 rings (SSSR count). The fourth-order valence-corrected chi connectivity index (χ4v) is 2.80. The van der Waals surface area contributed by atoms with Gasteiger partial charge in [-0.2, -0.15) is 23.4 Å². The number of fused-ring (bicyclic) bond motifs is 1. The van der Waals surface area contributed by atoms with E-state index in [2.05, 4.69) is 15.1 Å². The monoisotopic (exact) mass is 407 g/mol. The SMILES string of the molecule is N#Cc1cc(C(F)(F)F)cn2cc(-c3nc(-c4ccc(F)cc4Cl)no3)nc12. The van der Waals surface area contributed by atoms with E-state index in [0.717, 1.165) is 16.7 Å². The fourth-order valence-electron chi connectivity index (χ4n) is 2.55. The van der Waals surface area contributed by atoms with Gasteiger partial charge in [-0.3, -0.25) is 0 Å².